The van der Waals surface area contributed by atoms with Gasteiger partial charge in [-0.2, -0.15) is 0 Å². The Labute approximate surface area is 83.3 Å². The molecule has 1 aromatic carbocycles. The van der Waals surface area contributed by atoms with Crippen molar-refractivity contribution in [2.45, 2.75) is 24.7 Å². The lowest BCUT2D eigenvalue weighted by Gasteiger charge is -2.07. The van der Waals surface area contributed by atoms with Crippen LogP contribution in [0.1, 0.15) is 30.4 Å². The Bertz CT molecular complexity index is 569. The second-order valence-corrected chi connectivity index (χ2v) is 4.78. The van der Waals surface area contributed by atoms with Crippen molar-refractivity contribution in [1.82, 2.24) is 0 Å². The van der Waals surface area contributed by atoms with Gasteiger partial charge in [0.2, 0.25) is 0 Å². The summed E-state index contributed by atoms with van der Waals surface area (Å²) in [5, 5.41) is 2.92. The van der Waals surface area contributed by atoms with Gasteiger partial charge in [0.05, 0.1) is 0 Å². The minimum atomic E-state index is 0.584. The van der Waals surface area contributed by atoms with Gasteiger partial charge < -0.3 is 0 Å². The predicted octanol–water partition coefficient (Wildman–Crippen LogP) is 1.71. The van der Waals surface area contributed by atoms with Crippen LogP contribution in [0.15, 0.2) is 18.2 Å². The van der Waals surface area contributed by atoms with Gasteiger partial charge in [0.15, 0.2) is 0 Å². The van der Waals surface area contributed by atoms with Crippen molar-refractivity contribution >= 4 is 18.2 Å². The molecule has 3 aliphatic carbocycles. The molecule has 1 spiro atoms. The molecule has 68 valence electrons. The van der Waals surface area contributed by atoms with E-state index in [1.165, 1.54) is 35.3 Å². The lowest BCUT2D eigenvalue weighted by atomic mass is 9.96. The molecule has 0 radical (unpaired) electrons. The quantitative estimate of drug-likeness (QED) is 0.570. The van der Waals surface area contributed by atoms with E-state index in [9.17, 15) is 0 Å². The van der Waals surface area contributed by atoms with Crippen LogP contribution in [0.5, 0.6) is 0 Å². The van der Waals surface area contributed by atoms with Crippen LogP contribution in [-0.2, 0) is 5.41 Å². The van der Waals surface area contributed by atoms with Crippen LogP contribution < -0.4 is 10.4 Å². The molecule has 0 N–H and O–H groups in total. The molecule has 4 rings (SSSR count). The highest BCUT2D eigenvalue weighted by molar-refractivity contribution is 5.68. The molecule has 0 heteroatoms. The Morgan fingerprint density at radius 1 is 1.07 bits per heavy atom. The van der Waals surface area contributed by atoms with E-state index < -0.39 is 0 Å². The van der Waals surface area contributed by atoms with Crippen LogP contribution in [0.2, 0.25) is 0 Å². The fraction of sp³-hybridized carbons (Fsp3) is 0.286. The Kier molecular flexibility index (Phi) is 1.02. The third-order valence-corrected chi connectivity index (χ3v) is 3.94. The van der Waals surface area contributed by atoms with Crippen LogP contribution in [0.25, 0.3) is 18.2 Å². The summed E-state index contributed by atoms with van der Waals surface area (Å²) in [4.78, 5) is 0. The fourth-order valence-corrected chi connectivity index (χ4v) is 2.86. The molecule has 0 amide bonds. The maximum absolute atomic E-state index is 2.43. The van der Waals surface area contributed by atoms with Gasteiger partial charge in [-0.1, -0.05) is 24.3 Å². The Balaban J connectivity index is 2.11. The van der Waals surface area contributed by atoms with Gasteiger partial charge in [-0.25, -0.2) is 0 Å². The Morgan fingerprint density at radius 2 is 2.00 bits per heavy atom. The smallest absolute Gasteiger partial charge is 0.000554 e. The first kappa shape index (κ1) is 7.05. The van der Waals surface area contributed by atoms with Crippen LogP contribution in [0, 0.1) is 0 Å². The van der Waals surface area contributed by atoms with E-state index >= 15 is 0 Å². The van der Waals surface area contributed by atoms with Crippen molar-refractivity contribution < 1.29 is 0 Å². The summed E-state index contributed by atoms with van der Waals surface area (Å²) in [6.45, 7) is 0. The Hall–Kier alpha value is -1.30. The summed E-state index contributed by atoms with van der Waals surface area (Å²) >= 11 is 0. The van der Waals surface area contributed by atoms with E-state index in [1.807, 2.05) is 0 Å². The van der Waals surface area contributed by atoms with Crippen molar-refractivity contribution in [3.05, 3.63) is 39.8 Å². The lowest BCUT2D eigenvalue weighted by molar-refractivity contribution is 0.746. The Morgan fingerprint density at radius 3 is 2.86 bits per heavy atom. The zero-order valence-electron chi connectivity index (χ0n) is 8.09. The molecular weight excluding hydrogens is 168 g/mol. The van der Waals surface area contributed by atoms with Crippen molar-refractivity contribution in [2.75, 3.05) is 0 Å². The molecular formula is C14H12. The molecule has 0 saturated heterocycles. The van der Waals surface area contributed by atoms with Gasteiger partial charge in [0, 0.05) is 0 Å². The fourth-order valence-electron chi connectivity index (χ4n) is 2.86. The van der Waals surface area contributed by atoms with E-state index in [0.29, 0.717) is 5.41 Å². The van der Waals surface area contributed by atoms with Gasteiger partial charge in [0.25, 0.3) is 0 Å². The maximum atomic E-state index is 2.43. The van der Waals surface area contributed by atoms with Crippen molar-refractivity contribution in [3.8, 4) is 0 Å². The molecule has 0 unspecified atom stereocenters. The first-order chi connectivity index (χ1) is 6.87. The van der Waals surface area contributed by atoms with E-state index in [1.54, 1.807) is 5.56 Å². The summed E-state index contributed by atoms with van der Waals surface area (Å²) in [6.07, 6.45) is 13.1. The average Bonchev–Trinajstić information content (AvgIpc) is 2.69. The van der Waals surface area contributed by atoms with Crippen LogP contribution in [0.4, 0.5) is 0 Å². The monoisotopic (exact) mass is 180 g/mol. The number of hydrogen-bond donors (Lipinski definition) is 0. The molecule has 0 aliphatic heterocycles. The van der Waals surface area contributed by atoms with Gasteiger partial charge in [-0.3, -0.25) is 0 Å². The van der Waals surface area contributed by atoms with Gasteiger partial charge in [-0.05, 0) is 58.4 Å². The van der Waals surface area contributed by atoms with Crippen LogP contribution >= 0.6 is 0 Å². The zero-order valence-corrected chi connectivity index (χ0v) is 8.09. The zero-order chi connectivity index (χ0) is 9.17. The predicted molar refractivity (Wildman–Crippen MR) is 59.2 cm³/mol. The van der Waals surface area contributed by atoms with Crippen molar-refractivity contribution in [3.63, 3.8) is 0 Å². The van der Waals surface area contributed by atoms with Gasteiger partial charge in [0.1, 0.15) is 0 Å². The SMILES string of the molecule is C1=Cc2cc3c(cc2=C1)C1(CC=3)CC1. The highest BCUT2D eigenvalue weighted by atomic mass is 14.5. The van der Waals surface area contributed by atoms with Crippen LogP contribution in [-0.4, -0.2) is 0 Å². The molecule has 14 heavy (non-hydrogen) atoms. The molecule has 0 atom stereocenters. The number of rotatable bonds is 0. The first-order valence-corrected chi connectivity index (χ1v) is 5.41. The van der Waals surface area contributed by atoms with Crippen molar-refractivity contribution in [2.24, 2.45) is 0 Å². The topological polar surface area (TPSA) is 0 Å². The maximum Gasteiger partial charge on any atom is -0.000554 e. The standard InChI is InChI=1S/C14H12/c1-2-10-8-12-4-5-14(6-7-14)13(12)9-11(10)3-1/h1-4,8-9H,5-7H2. The minimum Gasteiger partial charge on any atom is -0.0761 e. The number of fused-ring (bicyclic) bond motifs is 3. The number of benzene rings is 1. The molecule has 0 bridgehead atoms. The molecule has 0 heterocycles. The van der Waals surface area contributed by atoms with E-state index in [4.69, 9.17) is 0 Å². The van der Waals surface area contributed by atoms with E-state index in [2.05, 4.69) is 36.4 Å². The highest BCUT2D eigenvalue weighted by Gasteiger charge is 2.46. The lowest BCUT2D eigenvalue weighted by Crippen LogP contribution is -2.18. The van der Waals surface area contributed by atoms with Gasteiger partial charge in [-0.15, -0.1) is 0 Å². The largest absolute Gasteiger partial charge is 0.0761 e. The van der Waals surface area contributed by atoms with E-state index in [0.717, 1.165) is 0 Å². The van der Waals surface area contributed by atoms with Gasteiger partial charge >= 0.3 is 0 Å². The second kappa shape index (κ2) is 2.03. The second-order valence-electron chi connectivity index (χ2n) is 4.78. The summed E-state index contributed by atoms with van der Waals surface area (Å²) in [6, 6.07) is 4.78. The summed E-state index contributed by atoms with van der Waals surface area (Å²) in [5.74, 6) is 0. The average molecular weight is 180 g/mol. The highest BCUT2D eigenvalue weighted by Crippen LogP contribution is 2.52. The third-order valence-electron chi connectivity index (χ3n) is 3.94. The summed E-state index contributed by atoms with van der Waals surface area (Å²) in [7, 11) is 0. The molecule has 0 aromatic heterocycles. The normalized spacial score (nSPS) is 22.9. The van der Waals surface area contributed by atoms with Crippen LogP contribution in [0.3, 0.4) is 0 Å². The summed E-state index contributed by atoms with van der Waals surface area (Å²) < 4.78 is 0. The molecule has 3 aliphatic rings. The van der Waals surface area contributed by atoms with Crippen molar-refractivity contribution in [1.29, 1.82) is 0 Å². The molecule has 0 nitrogen and oxygen atoms in total. The first-order valence-electron chi connectivity index (χ1n) is 5.41. The summed E-state index contributed by atoms with van der Waals surface area (Å²) in [5.41, 5.74) is 3.61. The number of hydrogen-bond acceptors (Lipinski definition) is 0. The molecule has 1 aromatic rings. The molecule has 1 fully saturated rings. The number of allylic oxidation sites excluding steroid dienone is 1. The van der Waals surface area contributed by atoms with E-state index in [-0.39, 0.29) is 0 Å². The molecule has 1 saturated carbocycles. The third kappa shape index (κ3) is 0.708. The minimum absolute atomic E-state index is 0.584.